The van der Waals surface area contributed by atoms with Gasteiger partial charge in [-0.15, -0.1) is 0 Å². The second kappa shape index (κ2) is 18.2. The molecule has 4 aromatic carbocycles. The summed E-state index contributed by atoms with van der Waals surface area (Å²) >= 11 is 0. The lowest BCUT2D eigenvalue weighted by molar-refractivity contribution is -0.139. The van der Waals surface area contributed by atoms with E-state index in [9.17, 15) is 24.0 Å². The minimum atomic E-state index is -1.13. The summed E-state index contributed by atoms with van der Waals surface area (Å²) in [4.78, 5) is 65.2. The number of hydrogen-bond donors (Lipinski definition) is 5. The number of rotatable bonds is 17. The molecule has 4 rings (SSSR count). The number of aliphatic carboxylic acids is 1. The average molecular weight is 681 g/mol. The predicted octanol–water partition coefficient (Wildman–Crippen LogP) is 4.64. The third-order valence-corrected chi connectivity index (χ3v) is 8.07. The van der Waals surface area contributed by atoms with E-state index in [2.05, 4.69) is 21.3 Å². The highest BCUT2D eigenvalue weighted by Gasteiger charge is 2.31. The molecule has 3 atom stereocenters. The van der Waals surface area contributed by atoms with Crippen LogP contribution in [0.1, 0.15) is 44.2 Å². The maximum atomic E-state index is 13.9. The van der Waals surface area contributed by atoms with Crippen LogP contribution >= 0.6 is 0 Å². The van der Waals surface area contributed by atoms with Crippen LogP contribution in [0.15, 0.2) is 97.1 Å². The van der Waals surface area contributed by atoms with Crippen molar-refractivity contribution in [1.82, 2.24) is 16.0 Å². The second-order valence-corrected chi connectivity index (χ2v) is 12.5. The molecule has 0 heterocycles. The smallest absolute Gasteiger partial charge is 0.303 e. The summed E-state index contributed by atoms with van der Waals surface area (Å²) in [7, 11) is 1.56. The van der Waals surface area contributed by atoms with Gasteiger partial charge in [0, 0.05) is 36.4 Å². The van der Waals surface area contributed by atoms with Gasteiger partial charge in [0.1, 0.15) is 23.9 Å². The average Bonchev–Trinajstić information content (AvgIpc) is 3.10. The molecule has 0 saturated carbocycles. The van der Waals surface area contributed by atoms with Crippen molar-refractivity contribution >= 4 is 46.1 Å². The van der Waals surface area contributed by atoms with Crippen LogP contribution in [-0.2, 0) is 36.8 Å². The number of hydrogen-bond acceptors (Lipinski definition) is 6. The highest BCUT2D eigenvalue weighted by Crippen LogP contribution is 2.30. The number of amides is 4. The summed E-state index contributed by atoms with van der Waals surface area (Å²) in [6, 6.07) is 26.4. The van der Waals surface area contributed by atoms with E-state index in [1.807, 2.05) is 80.6 Å². The van der Waals surface area contributed by atoms with Gasteiger partial charge in [-0.25, -0.2) is 0 Å². The Hall–Kier alpha value is -5.71. The molecule has 0 aliphatic heterocycles. The fourth-order valence-electron chi connectivity index (χ4n) is 5.60. The minimum Gasteiger partial charge on any atom is -0.496 e. The first-order valence-electron chi connectivity index (χ1n) is 16.6. The molecular weight excluding hydrogens is 636 g/mol. The van der Waals surface area contributed by atoms with E-state index < -0.39 is 47.7 Å². The maximum Gasteiger partial charge on any atom is 0.303 e. The van der Waals surface area contributed by atoms with Crippen molar-refractivity contribution in [2.24, 2.45) is 5.92 Å². The number of carbonyl (C=O) groups excluding carboxylic acids is 4. The van der Waals surface area contributed by atoms with Crippen LogP contribution in [0.4, 0.5) is 5.69 Å². The highest BCUT2D eigenvalue weighted by atomic mass is 16.5. The molecule has 4 aromatic rings. The van der Waals surface area contributed by atoms with Gasteiger partial charge in [-0.05, 0) is 34.9 Å². The molecule has 50 heavy (non-hydrogen) atoms. The Morgan fingerprint density at radius 1 is 0.660 bits per heavy atom. The maximum absolute atomic E-state index is 13.9. The van der Waals surface area contributed by atoms with E-state index in [-0.39, 0.29) is 38.0 Å². The van der Waals surface area contributed by atoms with Gasteiger partial charge in [-0.1, -0.05) is 98.8 Å². The van der Waals surface area contributed by atoms with Gasteiger partial charge in [0.05, 0.1) is 13.5 Å². The molecule has 0 aliphatic rings. The van der Waals surface area contributed by atoms with Crippen LogP contribution in [0.3, 0.4) is 0 Å². The second-order valence-electron chi connectivity index (χ2n) is 12.5. The molecule has 0 spiro atoms. The van der Waals surface area contributed by atoms with E-state index in [1.54, 1.807) is 37.4 Å². The molecule has 0 bridgehead atoms. The summed E-state index contributed by atoms with van der Waals surface area (Å²) in [5.41, 5.74) is 2.08. The molecule has 262 valence electrons. The van der Waals surface area contributed by atoms with Crippen LogP contribution in [0.5, 0.6) is 5.75 Å². The Morgan fingerprint density at radius 2 is 1.20 bits per heavy atom. The largest absolute Gasteiger partial charge is 0.496 e. The van der Waals surface area contributed by atoms with Gasteiger partial charge in [-0.2, -0.15) is 0 Å². The molecule has 0 fully saturated rings. The summed E-state index contributed by atoms with van der Waals surface area (Å²) in [5.74, 6) is -2.79. The first kappa shape index (κ1) is 37.1. The van der Waals surface area contributed by atoms with Crippen molar-refractivity contribution in [3.63, 3.8) is 0 Å². The number of carbonyl (C=O) groups is 5. The van der Waals surface area contributed by atoms with Crippen molar-refractivity contribution in [1.29, 1.82) is 0 Å². The van der Waals surface area contributed by atoms with E-state index in [4.69, 9.17) is 9.84 Å². The van der Waals surface area contributed by atoms with Crippen LogP contribution < -0.4 is 26.0 Å². The molecule has 0 saturated heterocycles. The molecule has 5 N–H and O–H groups in total. The topological polar surface area (TPSA) is 163 Å². The zero-order valence-electron chi connectivity index (χ0n) is 28.5. The van der Waals surface area contributed by atoms with Gasteiger partial charge < -0.3 is 31.1 Å². The van der Waals surface area contributed by atoms with E-state index >= 15 is 0 Å². The summed E-state index contributed by atoms with van der Waals surface area (Å²) in [5, 5.41) is 22.0. The van der Waals surface area contributed by atoms with E-state index in [1.165, 1.54) is 0 Å². The van der Waals surface area contributed by atoms with E-state index in [0.29, 0.717) is 11.4 Å². The Kier molecular flexibility index (Phi) is 13.5. The SMILES string of the molecule is COc1cc(NC(=O)[C@H](Cc2ccccc2)NC(=O)[C@H](CC(C)C)NC(=O)[C@H](Cc2ccccc2)NC(=O)CCC(=O)O)cc2ccccc12. The first-order chi connectivity index (χ1) is 24.0. The quantitative estimate of drug-likeness (QED) is 0.109. The molecule has 4 amide bonds. The molecule has 11 heteroatoms. The van der Waals surface area contributed by atoms with Gasteiger partial charge in [0.2, 0.25) is 23.6 Å². The standard InChI is InChI=1S/C39H44N4O7/c1-25(2)20-31(42-39(49)32(21-26-12-6-4-7-13-26)41-35(44)18-19-36(45)46)38(48)43-33(22-27-14-8-5-9-15-27)37(47)40-29-23-28-16-10-11-17-30(28)34(24-29)50-3/h4-17,23-25,31-33H,18-22H2,1-3H3,(H,40,47)(H,41,44)(H,42,49)(H,43,48)(H,45,46)/t31-,32-,33-/m0/s1. The zero-order chi connectivity index (χ0) is 36.0. The van der Waals surface area contributed by atoms with Crippen molar-refractivity contribution in [2.75, 3.05) is 12.4 Å². The summed E-state index contributed by atoms with van der Waals surface area (Å²) in [6.07, 6.45) is -0.133. The van der Waals surface area contributed by atoms with Crippen LogP contribution in [0, 0.1) is 5.92 Å². The number of methoxy groups -OCH3 is 1. The number of anilines is 1. The van der Waals surface area contributed by atoms with Gasteiger partial charge in [0.25, 0.3) is 0 Å². The number of fused-ring (bicyclic) bond motifs is 1. The third-order valence-electron chi connectivity index (χ3n) is 8.07. The third kappa shape index (κ3) is 11.2. The highest BCUT2D eigenvalue weighted by molar-refractivity contribution is 6.01. The molecular formula is C39H44N4O7. The predicted molar refractivity (Wildman–Crippen MR) is 192 cm³/mol. The Balaban J connectivity index is 1.56. The summed E-state index contributed by atoms with van der Waals surface area (Å²) < 4.78 is 5.57. The van der Waals surface area contributed by atoms with Gasteiger partial charge in [0.15, 0.2) is 0 Å². The van der Waals surface area contributed by atoms with Crippen LogP contribution in [-0.4, -0.2) is 59.9 Å². The number of ether oxygens (including phenoxy) is 1. The number of benzene rings is 4. The monoisotopic (exact) mass is 680 g/mol. The Bertz CT molecular complexity index is 1780. The van der Waals surface area contributed by atoms with Crippen molar-refractivity contribution in [3.05, 3.63) is 108 Å². The molecule has 0 aromatic heterocycles. The van der Waals surface area contributed by atoms with Gasteiger partial charge >= 0.3 is 5.97 Å². The zero-order valence-corrected chi connectivity index (χ0v) is 28.5. The van der Waals surface area contributed by atoms with E-state index in [0.717, 1.165) is 21.9 Å². The lowest BCUT2D eigenvalue weighted by atomic mass is 9.99. The number of nitrogens with one attached hydrogen (secondary N) is 4. The van der Waals surface area contributed by atoms with Crippen LogP contribution in [0.25, 0.3) is 10.8 Å². The molecule has 0 unspecified atom stereocenters. The number of carboxylic acids is 1. The lowest BCUT2D eigenvalue weighted by Gasteiger charge is -2.26. The number of carboxylic acid groups (broad SMARTS) is 1. The van der Waals surface area contributed by atoms with Crippen molar-refractivity contribution in [3.8, 4) is 5.75 Å². The first-order valence-corrected chi connectivity index (χ1v) is 16.6. The van der Waals surface area contributed by atoms with Gasteiger partial charge in [-0.3, -0.25) is 24.0 Å². The molecule has 11 nitrogen and oxygen atoms in total. The Labute approximate surface area is 291 Å². The fourth-order valence-corrected chi connectivity index (χ4v) is 5.60. The lowest BCUT2D eigenvalue weighted by Crippen LogP contribution is -2.57. The van der Waals surface area contributed by atoms with Crippen LogP contribution in [0.2, 0.25) is 0 Å². The minimum absolute atomic E-state index is 0.0183. The fraction of sp³-hybridized carbons (Fsp3) is 0.308. The van der Waals surface area contributed by atoms with Crippen molar-refractivity contribution < 1.29 is 33.8 Å². The van der Waals surface area contributed by atoms with Crippen molar-refractivity contribution in [2.45, 2.75) is 64.1 Å². The molecule has 0 radical (unpaired) electrons. The normalized spacial score (nSPS) is 12.7. The summed E-state index contributed by atoms with van der Waals surface area (Å²) in [6.45, 7) is 3.81. The molecule has 0 aliphatic carbocycles. The Morgan fingerprint density at radius 3 is 1.78 bits per heavy atom.